The van der Waals surface area contributed by atoms with Crippen LogP contribution in [0.1, 0.15) is 43.7 Å². The summed E-state index contributed by atoms with van der Waals surface area (Å²) in [5.74, 6) is -1.12. The Labute approximate surface area is 201 Å². The molecule has 0 saturated carbocycles. The number of carboxylic acid groups (broad SMARTS) is 2. The molecule has 1 atom stereocenters. The fourth-order valence-corrected chi connectivity index (χ4v) is 3.66. The fourth-order valence-electron chi connectivity index (χ4n) is 3.66. The van der Waals surface area contributed by atoms with Gasteiger partial charge in [-0.1, -0.05) is 66.7 Å². The Hall–Kier alpha value is -3.64. The normalized spacial score (nSPS) is 17.1. The Balaban J connectivity index is 0.000000440. The quantitative estimate of drug-likeness (QED) is 0.422. The van der Waals surface area contributed by atoms with Crippen LogP contribution in [0, 0.1) is 0 Å². The van der Waals surface area contributed by atoms with Gasteiger partial charge >= 0.3 is 11.9 Å². The highest BCUT2D eigenvalue weighted by Crippen LogP contribution is 2.28. The number of nitrogens with one attached hydrogen (secondary N) is 1. The Bertz CT molecular complexity index is 942. The third kappa shape index (κ3) is 9.46. The second-order valence-electron chi connectivity index (χ2n) is 8.09. The molecule has 6 nitrogen and oxygen atoms in total. The van der Waals surface area contributed by atoms with Crippen molar-refractivity contribution in [3.05, 3.63) is 108 Å². The molecule has 2 aromatic carbocycles. The van der Waals surface area contributed by atoms with Crippen LogP contribution < -0.4 is 5.32 Å². The maximum atomic E-state index is 9.55. The van der Waals surface area contributed by atoms with Crippen LogP contribution >= 0.6 is 0 Å². The molecule has 0 aromatic heterocycles. The lowest BCUT2D eigenvalue weighted by molar-refractivity contribution is -0.134. The highest BCUT2D eigenvalue weighted by atomic mass is 16.5. The number of carboxylic acids is 2. The Kier molecular flexibility index (Phi) is 10.8. The first-order valence-electron chi connectivity index (χ1n) is 11.3. The zero-order chi connectivity index (χ0) is 24.8. The lowest BCUT2D eigenvalue weighted by atomic mass is 9.87. The Morgan fingerprint density at radius 3 is 1.94 bits per heavy atom. The average Bonchev–Trinajstić information content (AvgIpc) is 2.84. The average molecular weight is 464 g/mol. The first-order valence-corrected chi connectivity index (χ1v) is 11.3. The van der Waals surface area contributed by atoms with E-state index in [9.17, 15) is 9.59 Å². The van der Waals surface area contributed by atoms with E-state index in [1.807, 2.05) is 6.92 Å². The predicted molar refractivity (Wildman–Crippen MR) is 134 cm³/mol. The lowest BCUT2D eigenvalue weighted by Gasteiger charge is -2.30. The summed E-state index contributed by atoms with van der Waals surface area (Å²) in [6.07, 6.45) is 9.65. The second-order valence-corrected chi connectivity index (χ2v) is 8.09. The maximum Gasteiger partial charge on any atom is 0.328 e. The highest BCUT2D eigenvalue weighted by Gasteiger charge is 2.23. The molecule has 0 amide bonds. The van der Waals surface area contributed by atoms with Gasteiger partial charge in [0, 0.05) is 23.6 Å². The van der Waals surface area contributed by atoms with Gasteiger partial charge in [-0.3, -0.25) is 0 Å². The Morgan fingerprint density at radius 2 is 1.53 bits per heavy atom. The number of rotatable bonds is 10. The summed E-state index contributed by atoms with van der Waals surface area (Å²) in [5, 5.41) is 19.4. The van der Waals surface area contributed by atoms with Crippen LogP contribution in [0.3, 0.4) is 0 Å². The van der Waals surface area contributed by atoms with Crippen molar-refractivity contribution < 1.29 is 24.5 Å². The van der Waals surface area contributed by atoms with Crippen molar-refractivity contribution in [3.63, 3.8) is 0 Å². The van der Waals surface area contributed by atoms with Crippen molar-refractivity contribution in [2.75, 3.05) is 13.2 Å². The zero-order valence-electron chi connectivity index (χ0n) is 19.7. The molecule has 0 heterocycles. The van der Waals surface area contributed by atoms with E-state index in [1.54, 1.807) is 0 Å². The lowest BCUT2D eigenvalue weighted by Crippen LogP contribution is -2.42. The van der Waals surface area contributed by atoms with Crippen molar-refractivity contribution in [1.82, 2.24) is 5.32 Å². The molecule has 0 bridgehead atoms. The number of allylic oxidation sites excluding steroid dienone is 1. The van der Waals surface area contributed by atoms with Gasteiger partial charge in [0.1, 0.15) is 5.76 Å². The molecule has 6 heteroatoms. The van der Waals surface area contributed by atoms with Crippen molar-refractivity contribution in [2.45, 2.75) is 38.1 Å². The first-order chi connectivity index (χ1) is 16.3. The topological polar surface area (TPSA) is 95.9 Å². The number of hydrogen-bond acceptors (Lipinski definition) is 4. The van der Waals surface area contributed by atoms with Gasteiger partial charge in [-0.25, -0.2) is 9.59 Å². The van der Waals surface area contributed by atoms with E-state index >= 15 is 0 Å². The van der Waals surface area contributed by atoms with Gasteiger partial charge in [-0.15, -0.1) is 0 Å². The molecule has 0 fully saturated rings. The largest absolute Gasteiger partial charge is 0.494 e. The van der Waals surface area contributed by atoms with E-state index in [4.69, 9.17) is 14.9 Å². The maximum absolute atomic E-state index is 9.55. The molecule has 1 aliphatic rings. The van der Waals surface area contributed by atoms with Crippen molar-refractivity contribution in [2.24, 2.45) is 0 Å². The third-order valence-electron chi connectivity index (χ3n) is 5.39. The van der Waals surface area contributed by atoms with Gasteiger partial charge in [0.15, 0.2) is 0 Å². The summed E-state index contributed by atoms with van der Waals surface area (Å²) in [6.45, 7) is 5.96. The molecule has 1 unspecified atom stereocenters. The molecule has 1 aliphatic carbocycles. The van der Waals surface area contributed by atoms with Crippen LogP contribution in [0.25, 0.3) is 0 Å². The van der Waals surface area contributed by atoms with E-state index in [-0.39, 0.29) is 5.54 Å². The van der Waals surface area contributed by atoms with Crippen LogP contribution in [-0.2, 0) is 14.3 Å². The number of aliphatic carboxylic acids is 2. The van der Waals surface area contributed by atoms with E-state index in [0.29, 0.717) is 18.1 Å². The van der Waals surface area contributed by atoms with Crippen LogP contribution in [0.2, 0.25) is 0 Å². The molecular weight excluding hydrogens is 430 g/mol. The molecule has 0 radical (unpaired) electrons. The van der Waals surface area contributed by atoms with E-state index in [0.717, 1.165) is 31.8 Å². The van der Waals surface area contributed by atoms with Gasteiger partial charge in [0.25, 0.3) is 0 Å². The molecule has 3 rings (SSSR count). The smallest absolute Gasteiger partial charge is 0.328 e. The van der Waals surface area contributed by atoms with Gasteiger partial charge in [0.05, 0.1) is 6.61 Å². The molecule has 0 aliphatic heterocycles. The summed E-state index contributed by atoms with van der Waals surface area (Å²) in [4.78, 5) is 19.1. The van der Waals surface area contributed by atoms with E-state index in [1.165, 1.54) is 11.1 Å². The summed E-state index contributed by atoms with van der Waals surface area (Å²) >= 11 is 0. The monoisotopic (exact) mass is 463 g/mol. The summed E-state index contributed by atoms with van der Waals surface area (Å²) in [6, 6.07) is 21.6. The summed E-state index contributed by atoms with van der Waals surface area (Å²) < 4.78 is 5.58. The predicted octanol–water partition coefficient (Wildman–Crippen LogP) is 5.15. The fraction of sp³-hybridized carbons (Fsp3) is 0.286. The van der Waals surface area contributed by atoms with E-state index in [2.05, 4.69) is 91.1 Å². The molecule has 2 aromatic rings. The molecule has 180 valence electrons. The first kappa shape index (κ1) is 26.6. The minimum Gasteiger partial charge on any atom is -0.494 e. The Morgan fingerprint density at radius 1 is 1.00 bits per heavy atom. The molecule has 0 saturated heterocycles. The molecule has 34 heavy (non-hydrogen) atoms. The third-order valence-corrected chi connectivity index (χ3v) is 5.39. The van der Waals surface area contributed by atoms with E-state index < -0.39 is 11.9 Å². The minimum absolute atomic E-state index is 0.00146. The molecule has 3 N–H and O–H groups in total. The summed E-state index contributed by atoms with van der Waals surface area (Å²) in [5.41, 5.74) is 2.75. The van der Waals surface area contributed by atoms with Crippen LogP contribution in [-0.4, -0.2) is 40.8 Å². The van der Waals surface area contributed by atoms with Gasteiger partial charge in [-0.2, -0.15) is 0 Å². The second kappa shape index (κ2) is 13.8. The number of hydrogen-bond donors (Lipinski definition) is 3. The number of benzene rings is 2. The van der Waals surface area contributed by atoms with Crippen molar-refractivity contribution >= 4 is 11.9 Å². The minimum atomic E-state index is -1.26. The molecular formula is C28H33NO5. The van der Waals surface area contributed by atoms with Crippen LogP contribution in [0.4, 0.5) is 0 Å². The van der Waals surface area contributed by atoms with Crippen LogP contribution in [0.5, 0.6) is 0 Å². The van der Waals surface area contributed by atoms with Crippen molar-refractivity contribution in [1.29, 1.82) is 0 Å². The van der Waals surface area contributed by atoms with Crippen molar-refractivity contribution in [3.8, 4) is 0 Å². The molecule has 0 spiro atoms. The zero-order valence-corrected chi connectivity index (χ0v) is 19.7. The van der Waals surface area contributed by atoms with Gasteiger partial charge < -0.3 is 20.3 Å². The number of ether oxygens (including phenoxy) is 1. The van der Waals surface area contributed by atoms with Gasteiger partial charge in [0.2, 0.25) is 0 Å². The standard InChI is InChI=1S/C24H29NO.C4H4O4/c1-3-26-22-14-17-24(2,18-15-22)25-19-16-23(20-10-6-4-7-11-20)21-12-8-5-9-13-21;5-3(6)1-2-4(7)8/h4-15,17,23,25H,3,16,18-19H2,1-2H3;1-2H,(H,5,6)(H,7,8)/b;2-1+. The van der Waals surface area contributed by atoms with Gasteiger partial charge in [-0.05, 0) is 56.5 Å². The summed E-state index contributed by atoms with van der Waals surface area (Å²) in [7, 11) is 0. The highest BCUT2D eigenvalue weighted by molar-refractivity contribution is 5.89. The number of carbonyl (C=O) groups is 2. The van der Waals surface area contributed by atoms with Crippen LogP contribution in [0.15, 0.2) is 96.8 Å². The SMILES string of the molecule is CCOC1=CCC(C)(NCCC(c2ccccc2)c2ccccc2)C=C1.O=C(O)/C=C/C(=O)O.